The minimum Gasteiger partial charge on any atom is -0.454 e. The number of pyridine rings is 1. The van der Waals surface area contributed by atoms with Crippen LogP contribution < -0.4 is 19.4 Å². The summed E-state index contributed by atoms with van der Waals surface area (Å²) in [6.07, 6.45) is 0.735. The summed E-state index contributed by atoms with van der Waals surface area (Å²) in [6, 6.07) is 13.6. The quantitative estimate of drug-likeness (QED) is 0.638. The molecule has 0 spiro atoms. The smallest absolute Gasteiger partial charge is 0.293 e. The zero-order valence-electron chi connectivity index (χ0n) is 16.7. The maximum absolute atomic E-state index is 13.5. The van der Waals surface area contributed by atoms with Gasteiger partial charge in [-0.1, -0.05) is 6.07 Å². The highest BCUT2D eigenvalue weighted by Crippen LogP contribution is 2.35. The van der Waals surface area contributed by atoms with Crippen LogP contribution in [-0.2, 0) is 0 Å². The number of fused-ring (bicyclic) bond motifs is 2. The van der Waals surface area contributed by atoms with Crippen LogP contribution in [0.1, 0.15) is 22.3 Å². The molecule has 7 nitrogen and oxygen atoms in total. The monoisotopic (exact) mass is 419 g/mol. The molecule has 31 heavy (non-hydrogen) atoms. The van der Waals surface area contributed by atoms with Crippen molar-refractivity contribution >= 4 is 22.6 Å². The molecule has 156 valence electrons. The van der Waals surface area contributed by atoms with Gasteiger partial charge in [0.05, 0.1) is 13.1 Å². The van der Waals surface area contributed by atoms with Crippen LogP contribution in [0.5, 0.6) is 11.5 Å². The summed E-state index contributed by atoms with van der Waals surface area (Å²) in [5, 5.41) is 10.6. The Bertz CT molecular complexity index is 1220. The van der Waals surface area contributed by atoms with Gasteiger partial charge in [-0.05, 0) is 30.3 Å². The Balaban J connectivity index is 1.41. The van der Waals surface area contributed by atoms with Gasteiger partial charge in [-0.15, -0.1) is 0 Å². The van der Waals surface area contributed by atoms with Crippen molar-refractivity contribution in [2.24, 2.45) is 0 Å². The van der Waals surface area contributed by atoms with Crippen molar-refractivity contribution in [1.82, 2.24) is 4.90 Å². The second kappa shape index (κ2) is 7.76. The Morgan fingerprint density at radius 3 is 2.71 bits per heavy atom. The molecule has 3 heterocycles. The van der Waals surface area contributed by atoms with Crippen molar-refractivity contribution in [1.29, 1.82) is 5.26 Å². The molecule has 0 saturated carbocycles. The summed E-state index contributed by atoms with van der Waals surface area (Å²) in [7, 11) is 0. The van der Waals surface area contributed by atoms with Crippen LogP contribution in [0.3, 0.4) is 0 Å². The number of carbonyl (C=O) groups is 1. The van der Waals surface area contributed by atoms with Gasteiger partial charge in [-0.3, -0.25) is 9.69 Å². The van der Waals surface area contributed by atoms with Crippen LogP contribution in [-0.4, -0.2) is 43.8 Å². The number of aromatic amines is 1. The highest BCUT2D eigenvalue weighted by Gasteiger charge is 2.28. The van der Waals surface area contributed by atoms with Crippen LogP contribution in [0.15, 0.2) is 42.5 Å². The zero-order valence-corrected chi connectivity index (χ0v) is 16.7. The summed E-state index contributed by atoms with van der Waals surface area (Å²) in [5.74, 6) is 1.44. The van der Waals surface area contributed by atoms with Gasteiger partial charge in [0.15, 0.2) is 11.5 Å². The van der Waals surface area contributed by atoms with E-state index in [0.29, 0.717) is 54.6 Å². The Labute approximate surface area is 178 Å². The number of nitrogens with zero attached hydrogens (tertiary/aromatic N) is 3. The average Bonchev–Trinajstić information content (AvgIpc) is 3.09. The van der Waals surface area contributed by atoms with E-state index >= 15 is 0 Å². The number of aromatic nitrogens is 1. The lowest BCUT2D eigenvalue weighted by molar-refractivity contribution is -0.330. The van der Waals surface area contributed by atoms with Gasteiger partial charge < -0.3 is 14.4 Å². The van der Waals surface area contributed by atoms with Crippen LogP contribution >= 0.6 is 0 Å². The first-order chi connectivity index (χ1) is 15.1. The minimum atomic E-state index is -0.424. The fourth-order valence-electron chi connectivity index (χ4n) is 4.09. The highest BCUT2D eigenvalue weighted by molar-refractivity contribution is 5.94. The number of nitriles is 1. The van der Waals surface area contributed by atoms with Crippen molar-refractivity contribution in [3.8, 4) is 17.6 Å². The Morgan fingerprint density at radius 1 is 1.06 bits per heavy atom. The number of ether oxygens (including phenoxy) is 2. The number of H-pyrrole nitrogens is 1. The molecule has 0 atom stereocenters. The number of hydrogen-bond donors (Lipinski definition) is 0. The zero-order chi connectivity index (χ0) is 21.4. The van der Waals surface area contributed by atoms with Gasteiger partial charge >= 0.3 is 0 Å². The first-order valence-corrected chi connectivity index (χ1v) is 10.1. The van der Waals surface area contributed by atoms with Crippen LogP contribution in [0.25, 0.3) is 10.9 Å². The van der Waals surface area contributed by atoms with Gasteiger partial charge in [0.1, 0.15) is 29.5 Å². The van der Waals surface area contributed by atoms with E-state index < -0.39 is 5.82 Å². The fourth-order valence-corrected chi connectivity index (χ4v) is 4.09. The van der Waals surface area contributed by atoms with E-state index in [2.05, 4.69) is 16.0 Å². The van der Waals surface area contributed by atoms with Gasteiger partial charge in [-0.2, -0.15) is 5.26 Å². The van der Waals surface area contributed by atoms with E-state index in [1.54, 1.807) is 17.0 Å². The van der Waals surface area contributed by atoms with Gasteiger partial charge in [0.2, 0.25) is 6.79 Å². The molecule has 8 heteroatoms. The summed E-state index contributed by atoms with van der Waals surface area (Å²) in [4.78, 5) is 20.0. The number of rotatable bonds is 2. The van der Waals surface area contributed by atoms with E-state index in [4.69, 9.17) is 9.47 Å². The molecular formula is C23H20FN4O3+. The Morgan fingerprint density at radius 2 is 1.90 bits per heavy atom. The predicted molar refractivity (Wildman–Crippen MR) is 110 cm³/mol. The van der Waals surface area contributed by atoms with E-state index in [9.17, 15) is 14.4 Å². The standard InChI is InChI=1S/C23H19FN4O3/c24-18-4-1-3-15(10-18)23(29)28-6-2-5-27(7-8-28)22-17(13-25)9-16-11-20-21(31-14-30-20)12-19(16)26-22/h1,3-4,9-12H,2,5-8,14H2/p+1. The van der Waals surface area contributed by atoms with Crippen LogP contribution in [0, 0.1) is 17.1 Å². The van der Waals surface area contributed by atoms with E-state index in [-0.39, 0.29) is 12.7 Å². The fraction of sp³-hybridized carbons (Fsp3) is 0.261. The van der Waals surface area contributed by atoms with Gasteiger partial charge in [0.25, 0.3) is 11.7 Å². The van der Waals surface area contributed by atoms with Crippen molar-refractivity contribution in [2.75, 3.05) is 37.9 Å². The summed E-state index contributed by atoms with van der Waals surface area (Å²) in [6.45, 7) is 2.48. The number of benzene rings is 2. The van der Waals surface area contributed by atoms with Crippen molar-refractivity contribution < 1.29 is 23.6 Å². The lowest BCUT2D eigenvalue weighted by atomic mass is 10.1. The molecule has 1 amide bonds. The third-order valence-corrected chi connectivity index (χ3v) is 5.64. The number of halogens is 1. The molecule has 2 aromatic carbocycles. The molecule has 5 rings (SSSR count). The molecule has 0 radical (unpaired) electrons. The van der Waals surface area contributed by atoms with Crippen LogP contribution in [0.2, 0.25) is 0 Å². The van der Waals surface area contributed by atoms with E-state index in [1.807, 2.05) is 18.2 Å². The molecule has 2 aliphatic rings. The molecular weight excluding hydrogens is 399 g/mol. The number of hydrogen-bond acceptors (Lipinski definition) is 5. The topological polar surface area (TPSA) is 79.9 Å². The van der Waals surface area contributed by atoms with Crippen molar-refractivity contribution in [2.45, 2.75) is 6.42 Å². The maximum Gasteiger partial charge on any atom is 0.293 e. The summed E-state index contributed by atoms with van der Waals surface area (Å²) >= 11 is 0. The molecule has 0 aliphatic carbocycles. The number of anilines is 1. The minimum absolute atomic E-state index is 0.183. The number of nitrogens with one attached hydrogen (secondary N) is 1. The molecule has 1 N–H and O–H groups in total. The third-order valence-electron chi connectivity index (χ3n) is 5.64. The largest absolute Gasteiger partial charge is 0.454 e. The predicted octanol–water partition coefficient (Wildman–Crippen LogP) is 2.75. The summed E-state index contributed by atoms with van der Waals surface area (Å²) in [5.41, 5.74) is 1.71. The molecule has 2 aliphatic heterocycles. The molecule has 3 aromatic rings. The number of carbonyl (C=O) groups excluding carboxylic acids is 1. The van der Waals surface area contributed by atoms with Crippen LogP contribution in [0.4, 0.5) is 10.2 Å². The Kier molecular flexibility index (Phi) is 4.79. The van der Waals surface area contributed by atoms with Gasteiger partial charge in [0, 0.05) is 30.0 Å². The lowest BCUT2D eigenvalue weighted by Crippen LogP contribution is -2.37. The molecule has 0 bridgehead atoms. The van der Waals surface area contributed by atoms with E-state index in [1.165, 1.54) is 12.1 Å². The average molecular weight is 419 g/mol. The third kappa shape index (κ3) is 3.59. The normalized spacial score (nSPS) is 15.6. The molecule has 1 fully saturated rings. The van der Waals surface area contributed by atoms with E-state index in [0.717, 1.165) is 17.3 Å². The Hall–Kier alpha value is -3.86. The van der Waals surface area contributed by atoms with Gasteiger partial charge in [-0.25, -0.2) is 9.37 Å². The highest BCUT2D eigenvalue weighted by atomic mass is 19.1. The second-order valence-electron chi connectivity index (χ2n) is 7.58. The first kappa shape index (κ1) is 19.1. The molecule has 1 saturated heterocycles. The lowest BCUT2D eigenvalue weighted by Gasteiger charge is -2.20. The SMILES string of the molecule is N#Cc1cc2cc3c(cc2[nH+]c1N1CCCN(C(=O)c2cccc(F)c2)CC1)OCO3. The summed E-state index contributed by atoms with van der Waals surface area (Å²) < 4.78 is 24.4. The maximum atomic E-state index is 13.5. The van der Waals surface area contributed by atoms with Crippen molar-refractivity contribution in [3.05, 3.63) is 59.4 Å². The van der Waals surface area contributed by atoms with Crippen molar-refractivity contribution in [3.63, 3.8) is 0 Å². The molecule has 1 aromatic heterocycles. The number of amides is 1. The second-order valence-corrected chi connectivity index (χ2v) is 7.58. The first-order valence-electron chi connectivity index (χ1n) is 10.1. The molecule has 0 unspecified atom stereocenters.